The number of esters is 2. The number of ether oxygens (including phenoxy) is 3. The van der Waals surface area contributed by atoms with Crippen LogP contribution in [0.15, 0.2) is 41.3 Å². The van der Waals surface area contributed by atoms with Crippen LogP contribution in [0.3, 0.4) is 0 Å². The molecule has 2 heterocycles. The minimum atomic E-state index is -3.69. The van der Waals surface area contributed by atoms with Crippen molar-refractivity contribution in [3.05, 3.63) is 63.6 Å². The van der Waals surface area contributed by atoms with E-state index in [2.05, 4.69) is 0 Å². The first-order valence-corrected chi connectivity index (χ1v) is 13.1. The van der Waals surface area contributed by atoms with Crippen LogP contribution >= 0.6 is 0 Å². The van der Waals surface area contributed by atoms with Gasteiger partial charge in [0, 0.05) is 24.2 Å². The minimum Gasteiger partial charge on any atom is -0.497 e. The van der Waals surface area contributed by atoms with Gasteiger partial charge in [0.05, 0.1) is 30.0 Å². The quantitative estimate of drug-likeness (QED) is 0.426. The van der Waals surface area contributed by atoms with E-state index >= 15 is 0 Å². The Labute approximate surface area is 211 Å². The van der Waals surface area contributed by atoms with E-state index in [1.165, 1.54) is 11.4 Å². The van der Waals surface area contributed by atoms with Crippen LogP contribution in [-0.4, -0.2) is 45.4 Å². The summed E-state index contributed by atoms with van der Waals surface area (Å²) in [4.78, 5) is 25.5. The third-order valence-corrected chi connectivity index (χ3v) is 8.96. The molecule has 0 aliphatic carbocycles. The number of benzene rings is 2. The van der Waals surface area contributed by atoms with Gasteiger partial charge in [0.2, 0.25) is 10.0 Å². The van der Waals surface area contributed by atoms with E-state index in [9.17, 15) is 18.0 Å². The van der Waals surface area contributed by atoms with Gasteiger partial charge >= 0.3 is 11.9 Å². The second kappa shape index (κ2) is 9.05. The van der Waals surface area contributed by atoms with Crippen LogP contribution in [0.2, 0.25) is 0 Å². The van der Waals surface area contributed by atoms with Crippen molar-refractivity contribution < 1.29 is 32.2 Å². The summed E-state index contributed by atoms with van der Waals surface area (Å²) >= 11 is 0. The van der Waals surface area contributed by atoms with E-state index < -0.39 is 32.8 Å². The molecule has 8 nitrogen and oxygen atoms in total. The number of carbonyl (C=O) groups excluding carboxylic acids is 2. The predicted octanol–water partition coefficient (Wildman–Crippen LogP) is 3.92. The molecule has 0 N–H and O–H groups in total. The zero-order chi connectivity index (χ0) is 26.5. The van der Waals surface area contributed by atoms with Gasteiger partial charge in [-0.1, -0.05) is 12.1 Å². The van der Waals surface area contributed by atoms with Gasteiger partial charge in [-0.05, 0) is 75.6 Å². The number of carbonyl (C=O) groups is 2. The van der Waals surface area contributed by atoms with Crippen molar-refractivity contribution in [1.29, 1.82) is 0 Å². The van der Waals surface area contributed by atoms with Crippen molar-refractivity contribution in [2.24, 2.45) is 0 Å². The Morgan fingerprint density at radius 2 is 1.83 bits per heavy atom. The zero-order valence-corrected chi connectivity index (χ0v) is 22.2. The highest BCUT2D eigenvalue weighted by Gasteiger charge is 2.46. The molecular formula is C27H31NO7S. The highest BCUT2D eigenvalue weighted by Crippen LogP contribution is 2.47. The smallest absolute Gasteiger partial charge is 0.321 e. The van der Waals surface area contributed by atoms with E-state index in [-0.39, 0.29) is 11.4 Å². The first-order chi connectivity index (χ1) is 16.8. The fourth-order valence-electron chi connectivity index (χ4n) is 4.55. The largest absolute Gasteiger partial charge is 0.497 e. The lowest BCUT2D eigenvalue weighted by molar-refractivity contribution is -0.146. The first-order valence-electron chi connectivity index (χ1n) is 11.7. The van der Waals surface area contributed by atoms with Crippen LogP contribution in [0, 0.1) is 0 Å². The summed E-state index contributed by atoms with van der Waals surface area (Å²) in [6, 6.07) is 10.8. The maximum absolute atomic E-state index is 13.4. The highest BCUT2D eigenvalue weighted by molar-refractivity contribution is 7.93. The van der Waals surface area contributed by atoms with Crippen molar-refractivity contribution >= 4 is 28.0 Å². The molecule has 0 bridgehead atoms. The van der Waals surface area contributed by atoms with Crippen LogP contribution in [0.1, 0.15) is 56.4 Å². The van der Waals surface area contributed by atoms with Gasteiger partial charge < -0.3 is 14.2 Å². The molecule has 36 heavy (non-hydrogen) atoms. The molecule has 2 aliphatic heterocycles. The predicted molar refractivity (Wildman–Crippen MR) is 135 cm³/mol. The Hall–Kier alpha value is -3.17. The van der Waals surface area contributed by atoms with Crippen LogP contribution < -0.4 is 9.47 Å². The summed E-state index contributed by atoms with van der Waals surface area (Å²) in [6.07, 6.45) is 1.98. The highest BCUT2D eigenvalue weighted by atomic mass is 32.2. The van der Waals surface area contributed by atoms with E-state index in [1.807, 2.05) is 12.1 Å². The van der Waals surface area contributed by atoms with Gasteiger partial charge in [-0.15, -0.1) is 0 Å². The average molecular weight is 514 g/mol. The van der Waals surface area contributed by atoms with Crippen LogP contribution in [0.5, 0.6) is 11.5 Å². The molecule has 9 heteroatoms. The molecule has 0 aromatic heterocycles. The fourth-order valence-corrected chi connectivity index (χ4v) is 6.17. The third-order valence-electron chi connectivity index (χ3n) is 6.98. The molecule has 0 atom stereocenters. The molecule has 0 radical (unpaired) electrons. The number of rotatable bonds is 6. The Bertz CT molecular complexity index is 1360. The first kappa shape index (κ1) is 25.9. The molecule has 1 saturated heterocycles. The molecule has 2 aliphatic rings. The lowest BCUT2D eigenvalue weighted by atomic mass is 9.78. The summed E-state index contributed by atoms with van der Waals surface area (Å²) in [7, 11) is -0.809. The van der Waals surface area contributed by atoms with Gasteiger partial charge in [0.25, 0.3) is 0 Å². The zero-order valence-electron chi connectivity index (χ0n) is 21.4. The van der Waals surface area contributed by atoms with E-state index in [1.54, 1.807) is 65.1 Å². The van der Waals surface area contributed by atoms with E-state index in [0.29, 0.717) is 41.2 Å². The van der Waals surface area contributed by atoms with Gasteiger partial charge in [-0.3, -0.25) is 9.59 Å². The topological polar surface area (TPSA) is 99.2 Å². The third kappa shape index (κ3) is 4.30. The Morgan fingerprint density at radius 3 is 2.44 bits per heavy atom. The van der Waals surface area contributed by atoms with Crippen molar-refractivity contribution in [3.63, 3.8) is 0 Å². The van der Waals surface area contributed by atoms with E-state index in [0.717, 1.165) is 5.56 Å². The maximum Gasteiger partial charge on any atom is 0.321 e. The van der Waals surface area contributed by atoms with Crippen molar-refractivity contribution in [1.82, 2.24) is 4.31 Å². The molecular weight excluding hydrogens is 482 g/mol. The maximum atomic E-state index is 13.4. The molecule has 0 amide bonds. The van der Waals surface area contributed by atoms with Crippen molar-refractivity contribution in [2.45, 2.75) is 51.5 Å². The summed E-state index contributed by atoms with van der Waals surface area (Å²) in [6.45, 7) is 7.48. The van der Waals surface area contributed by atoms with E-state index in [4.69, 9.17) is 14.2 Å². The Kier molecular flexibility index (Phi) is 6.51. The molecule has 0 spiro atoms. The molecule has 0 saturated carbocycles. The molecule has 2 aromatic rings. The van der Waals surface area contributed by atoms with Gasteiger partial charge in [0.15, 0.2) is 0 Å². The summed E-state index contributed by atoms with van der Waals surface area (Å²) in [5, 5.41) is 0. The molecule has 2 aromatic carbocycles. The SMILES string of the molecule is COC(=O)C(C)(C)c1cc(/C=C2\CCN(Cc3ccc(OC)cc3)S2(=O)=O)cc2c1OC(=O)C2(C)C. The van der Waals surface area contributed by atoms with Crippen molar-refractivity contribution in [3.8, 4) is 11.5 Å². The van der Waals surface area contributed by atoms with Crippen LogP contribution in [0.4, 0.5) is 0 Å². The molecule has 0 unspecified atom stereocenters. The summed E-state index contributed by atoms with van der Waals surface area (Å²) in [5.74, 6) is 0.118. The standard InChI is InChI=1S/C27H31NO7S/c1-26(2,24(29)34-6)21-14-18(15-22-23(21)35-25(30)27(22,3)4)13-20-11-12-28(36(20,31)32)16-17-7-9-19(33-5)10-8-17/h7-10,13-15H,11-12,16H2,1-6H3/b20-13+. The van der Waals surface area contributed by atoms with Gasteiger partial charge in [-0.2, -0.15) is 4.31 Å². The number of hydrogen-bond donors (Lipinski definition) is 0. The second-order valence-electron chi connectivity index (χ2n) is 10.1. The van der Waals surface area contributed by atoms with Crippen LogP contribution in [0.25, 0.3) is 6.08 Å². The normalized spacial score (nSPS) is 19.7. The van der Waals surface area contributed by atoms with Gasteiger partial charge in [-0.25, -0.2) is 8.42 Å². The monoisotopic (exact) mass is 513 g/mol. The number of methoxy groups -OCH3 is 2. The van der Waals surface area contributed by atoms with Crippen LogP contribution in [-0.2, 0) is 41.7 Å². The minimum absolute atomic E-state index is 0.254. The summed E-state index contributed by atoms with van der Waals surface area (Å²) in [5.41, 5.74) is 0.458. The number of nitrogens with zero attached hydrogens (tertiary/aromatic N) is 1. The Morgan fingerprint density at radius 1 is 1.17 bits per heavy atom. The summed E-state index contributed by atoms with van der Waals surface area (Å²) < 4.78 is 43.9. The van der Waals surface area contributed by atoms with Gasteiger partial charge in [0.1, 0.15) is 11.5 Å². The Balaban J connectivity index is 1.74. The van der Waals surface area contributed by atoms with Crippen molar-refractivity contribution in [2.75, 3.05) is 20.8 Å². The number of hydrogen-bond acceptors (Lipinski definition) is 7. The average Bonchev–Trinajstić information content (AvgIpc) is 3.24. The number of fused-ring (bicyclic) bond motifs is 1. The second-order valence-corrected chi connectivity index (χ2v) is 12.1. The lowest BCUT2D eigenvalue weighted by Gasteiger charge is -2.25. The molecule has 4 rings (SSSR count). The molecule has 1 fully saturated rings. The lowest BCUT2D eigenvalue weighted by Crippen LogP contribution is -2.30. The fraction of sp³-hybridized carbons (Fsp3) is 0.407. The molecule has 192 valence electrons. The number of sulfonamides is 1.